The van der Waals surface area contributed by atoms with Gasteiger partial charge in [-0.25, -0.2) is 4.98 Å². The van der Waals surface area contributed by atoms with E-state index in [9.17, 15) is 14.7 Å². The number of carboxylic acids is 1. The van der Waals surface area contributed by atoms with Crippen LogP contribution in [0.25, 0.3) is 11.0 Å². The number of nitrogens with zero attached hydrogens (tertiary/aromatic N) is 4. The Morgan fingerprint density at radius 3 is 2.63 bits per heavy atom. The van der Waals surface area contributed by atoms with Gasteiger partial charge in [-0.1, -0.05) is 12.8 Å². The average molecular weight is 626 g/mol. The highest BCUT2D eigenvalue weighted by Crippen LogP contribution is 2.47. The van der Waals surface area contributed by atoms with Crippen LogP contribution in [0.4, 0.5) is 11.5 Å². The predicted molar refractivity (Wildman–Crippen MR) is 154 cm³/mol. The lowest BCUT2D eigenvalue weighted by Gasteiger charge is -2.31. The van der Waals surface area contributed by atoms with Crippen molar-refractivity contribution in [2.24, 2.45) is 18.9 Å². The van der Waals surface area contributed by atoms with Crippen molar-refractivity contribution in [1.82, 2.24) is 14.8 Å². The minimum atomic E-state index is -0.748. The molecule has 8 nitrogen and oxygen atoms in total. The van der Waals surface area contributed by atoms with Crippen molar-refractivity contribution in [3.63, 3.8) is 0 Å². The summed E-state index contributed by atoms with van der Waals surface area (Å²) in [6.45, 7) is 5.65. The second kappa shape index (κ2) is 10.6. The quantitative estimate of drug-likeness (QED) is 0.278. The van der Waals surface area contributed by atoms with Crippen LogP contribution in [0.2, 0.25) is 0 Å². The van der Waals surface area contributed by atoms with Crippen LogP contribution in [0, 0.1) is 34.2 Å². The second-order valence-corrected chi connectivity index (χ2v) is 11.6. The van der Waals surface area contributed by atoms with Crippen LogP contribution < -0.4 is 9.64 Å². The number of aliphatic carboxylic acids is 1. The monoisotopic (exact) mass is 626 g/mol. The van der Waals surface area contributed by atoms with E-state index in [4.69, 9.17) is 9.72 Å². The van der Waals surface area contributed by atoms with Crippen molar-refractivity contribution in [3.05, 3.63) is 39.0 Å². The summed E-state index contributed by atoms with van der Waals surface area (Å²) in [5.41, 5.74) is 4.39. The van der Waals surface area contributed by atoms with E-state index in [0.717, 1.165) is 35.2 Å². The number of rotatable bonds is 6. The number of benzene rings is 1. The largest absolute Gasteiger partial charge is 0.481 e. The topological polar surface area (TPSA) is 97.6 Å². The van der Waals surface area contributed by atoms with E-state index in [1.165, 1.54) is 3.57 Å². The van der Waals surface area contributed by atoms with Crippen molar-refractivity contribution < 1.29 is 19.4 Å². The Bertz CT molecular complexity index is 1480. The standard InChI is InChI=1S/C29H31IN4O4/c1-5-6-26(35)34(24-14-17(3)22(30)15-21(24)18-7-8-18)25-12-11-23-27(31-25)28(32-33(23)4)38-19-9-10-20(29(36)37)16(2)13-19/h11-12,14-16,18-20H,7-10,13H2,1-4H3,(H,36,37). The lowest BCUT2D eigenvalue weighted by molar-refractivity contribution is -0.145. The number of fused-ring (bicyclic) bond motifs is 1. The van der Waals surface area contributed by atoms with E-state index in [-0.39, 0.29) is 23.8 Å². The number of carboxylic acid groups (broad SMARTS) is 1. The fourth-order valence-corrected chi connectivity index (χ4v) is 5.87. The molecule has 0 spiro atoms. The molecule has 0 saturated heterocycles. The lowest BCUT2D eigenvalue weighted by atomic mass is 9.79. The minimum absolute atomic E-state index is 0.00967. The van der Waals surface area contributed by atoms with Crippen LogP contribution >= 0.6 is 22.6 Å². The molecule has 1 aromatic carbocycles. The Labute approximate surface area is 235 Å². The zero-order valence-corrected chi connectivity index (χ0v) is 24.2. The molecule has 0 aliphatic heterocycles. The van der Waals surface area contributed by atoms with Gasteiger partial charge in [-0.15, -0.1) is 5.10 Å². The highest BCUT2D eigenvalue weighted by atomic mass is 127. The number of amides is 1. The molecule has 2 fully saturated rings. The molecule has 0 radical (unpaired) electrons. The van der Waals surface area contributed by atoms with Gasteiger partial charge in [0, 0.05) is 10.6 Å². The highest BCUT2D eigenvalue weighted by Gasteiger charge is 2.34. The summed E-state index contributed by atoms with van der Waals surface area (Å²) >= 11 is 2.34. The van der Waals surface area contributed by atoms with E-state index in [0.29, 0.717) is 42.4 Å². The Morgan fingerprint density at radius 2 is 1.97 bits per heavy atom. The Hall–Kier alpha value is -3.13. The van der Waals surface area contributed by atoms with Crippen molar-refractivity contribution in [3.8, 4) is 17.7 Å². The third-order valence-corrected chi connectivity index (χ3v) is 8.76. The van der Waals surface area contributed by atoms with E-state index in [1.807, 2.05) is 33.0 Å². The molecule has 1 amide bonds. The van der Waals surface area contributed by atoms with Crippen LogP contribution in [0.3, 0.4) is 0 Å². The number of carbonyl (C=O) groups is 2. The fraction of sp³-hybridized carbons (Fsp3) is 0.448. The molecule has 3 aromatic rings. The normalized spacial score (nSPS) is 21.0. The first-order valence-electron chi connectivity index (χ1n) is 13.0. The maximum Gasteiger partial charge on any atom is 0.308 e. The van der Waals surface area contributed by atoms with Crippen LogP contribution in [0.5, 0.6) is 5.88 Å². The number of carbonyl (C=O) groups excluding carboxylic acids is 1. The van der Waals surface area contributed by atoms with Gasteiger partial charge in [0.1, 0.15) is 11.9 Å². The van der Waals surface area contributed by atoms with Crippen LogP contribution in [-0.2, 0) is 16.6 Å². The first-order valence-corrected chi connectivity index (χ1v) is 14.1. The van der Waals surface area contributed by atoms with Crippen molar-refractivity contribution in [1.29, 1.82) is 0 Å². The van der Waals surface area contributed by atoms with Crippen LogP contribution in [0.15, 0.2) is 24.3 Å². The summed E-state index contributed by atoms with van der Waals surface area (Å²) < 4.78 is 9.21. The van der Waals surface area contributed by atoms with Gasteiger partial charge in [-0.2, -0.15) is 0 Å². The van der Waals surface area contributed by atoms with Gasteiger partial charge >= 0.3 is 11.9 Å². The number of pyridine rings is 1. The van der Waals surface area contributed by atoms with Crippen molar-refractivity contribution >= 4 is 57.0 Å². The number of hydrogen-bond donors (Lipinski definition) is 1. The lowest BCUT2D eigenvalue weighted by Crippen LogP contribution is -2.34. The van der Waals surface area contributed by atoms with E-state index >= 15 is 0 Å². The van der Waals surface area contributed by atoms with Gasteiger partial charge in [-0.05, 0) is 122 Å². The predicted octanol–water partition coefficient (Wildman–Crippen LogP) is 5.71. The minimum Gasteiger partial charge on any atom is -0.481 e. The van der Waals surface area contributed by atoms with Gasteiger partial charge < -0.3 is 9.84 Å². The summed E-state index contributed by atoms with van der Waals surface area (Å²) in [4.78, 5) is 31.5. The molecule has 2 aliphatic carbocycles. The summed E-state index contributed by atoms with van der Waals surface area (Å²) in [6, 6.07) is 7.96. The Kier molecular flexibility index (Phi) is 7.36. The van der Waals surface area contributed by atoms with Gasteiger partial charge in [-0.3, -0.25) is 19.2 Å². The summed E-state index contributed by atoms with van der Waals surface area (Å²) in [5, 5.41) is 14.1. The third kappa shape index (κ3) is 5.10. The molecule has 198 valence electrons. The molecule has 3 unspecified atom stereocenters. The van der Waals surface area contributed by atoms with E-state index in [2.05, 4.69) is 51.7 Å². The van der Waals surface area contributed by atoms with Crippen LogP contribution in [0.1, 0.15) is 63.0 Å². The molecule has 0 bridgehead atoms. The second-order valence-electron chi connectivity index (χ2n) is 10.4. The molecule has 38 heavy (non-hydrogen) atoms. The number of hydrogen-bond acceptors (Lipinski definition) is 5. The molecular weight excluding hydrogens is 595 g/mol. The molecule has 9 heteroatoms. The average Bonchev–Trinajstić information content (AvgIpc) is 3.66. The molecule has 2 aromatic heterocycles. The molecular formula is C29H31IN4O4. The highest BCUT2D eigenvalue weighted by molar-refractivity contribution is 14.1. The Morgan fingerprint density at radius 1 is 1.21 bits per heavy atom. The smallest absolute Gasteiger partial charge is 0.308 e. The number of halogens is 1. The van der Waals surface area contributed by atoms with Gasteiger partial charge in [0.25, 0.3) is 5.88 Å². The van der Waals surface area contributed by atoms with E-state index in [1.54, 1.807) is 16.5 Å². The maximum atomic E-state index is 13.4. The van der Waals surface area contributed by atoms with E-state index < -0.39 is 5.97 Å². The first-order chi connectivity index (χ1) is 18.2. The number of ether oxygens (including phenoxy) is 1. The zero-order valence-electron chi connectivity index (χ0n) is 22.0. The van der Waals surface area contributed by atoms with Crippen LogP contribution in [-0.4, -0.2) is 37.9 Å². The van der Waals surface area contributed by atoms with Gasteiger partial charge in [0.15, 0.2) is 5.52 Å². The SMILES string of the molecule is CC#CC(=O)N(c1ccc2c(n1)c(OC1CCC(C(=O)O)C(C)C1)nn2C)c1cc(C)c(I)cc1C1CC1. The zero-order chi connectivity index (χ0) is 27.1. The molecule has 3 atom stereocenters. The molecule has 2 saturated carbocycles. The van der Waals surface area contributed by atoms with Gasteiger partial charge in [0.2, 0.25) is 0 Å². The molecule has 2 aliphatic rings. The number of anilines is 2. The summed E-state index contributed by atoms with van der Waals surface area (Å²) in [6.07, 6.45) is 3.90. The molecule has 5 rings (SSSR count). The first kappa shape index (κ1) is 26.5. The molecule has 2 heterocycles. The third-order valence-electron chi connectivity index (χ3n) is 7.60. The fourth-order valence-electron chi connectivity index (χ4n) is 5.38. The Balaban J connectivity index is 1.55. The van der Waals surface area contributed by atoms with Crippen molar-refractivity contribution in [2.45, 2.75) is 64.9 Å². The summed E-state index contributed by atoms with van der Waals surface area (Å²) in [7, 11) is 1.83. The van der Waals surface area contributed by atoms with Crippen molar-refractivity contribution in [2.75, 3.05) is 4.90 Å². The van der Waals surface area contributed by atoms with Gasteiger partial charge in [0.05, 0.1) is 17.1 Å². The number of aromatic nitrogens is 3. The number of aryl methyl sites for hydroxylation is 2. The molecule has 1 N–H and O–H groups in total. The summed E-state index contributed by atoms with van der Waals surface area (Å²) in [5.74, 6) is 5.31. The maximum absolute atomic E-state index is 13.4.